The minimum absolute atomic E-state index is 0.123. The van der Waals surface area contributed by atoms with Crippen LogP contribution >= 0.6 is 0 Å². The Bertz CT molecular complexity index is 1630. The zero-order valence-corrected chi connectivity index (χ0v) is 38.4. The highest BCUT2D eigenvalue weighted by Crippen LogP contribution is 2.37. The van der Waals surface area contributed by atoms with Crippen LogP contribution in [0.1, 0.15) is 88.5 Å². The van der Waals surface area contributed by atoms with E-state index < -0.39 is 127 Å². The van der Waals surface area contributed by atoms with Gasteiger partial charge in [0, 0.05) is 31.5 Å². The average molecular weight is 904 g/mol. The smallest absolute Gasteiger partial charge is 0.410 e. The first-order chi connectivity index (χ1) is 28.8. The molecule has 1 saturated carbocycles. The molecule has 13 N–H and O–H groups in total. The standard InChI is InChI=1S/C41H73N7O15/c1-38(2,3)15-26(51)44-17-24(49)33(54)45-16-20-12-13-21(42)30(60-20)27-22(43)14-23(47-34(55)25(50)18-46-36(56)62-39(4,5)6)31(28(27)52)61-35-29(53)32(41(10,58)19-59-35)48(11)37(57)63-40(7,8)9/h12,21-25,27-32,35,49-50,52-53,58H,13-19,42-43H2,1-11H3,(H,44,51)(H,45,54)(H,46,56)(H,47,55)/t21-,22+,23-,24?,25+,27?,28+,29-,30+,31+,32-,35-,41+/m1/s1. The molecule has 22 heteroatoms. The summed E-state index contributed by atoms with van der Waals surface area (Å²) in [6.07, 6.45) is -10.8. The first kappa shape index (κ1) is 53.5. The van der Waals surface area contributed by atoms with Crippen LogP contribution in [0.4, 0.5) is 9.59 Å². The van der Waals surface area contributed by atoms with Crippen molar-refractivity contribution in [3.63, 3.8) is 0 Å². The zero-order chi connectivity index (χ0) is 48.0. The number of rotatable bonds is 14. The van der Waals surface area contributed by atoms with E-state index in [2.05, 4.69) is 21.3 Å². The van der Waals surface area contributed by atoms with Gasteiger partial charge in [-0.1, -0.05) is 20.8 Å². The van der Waals surface area contributed by atoms with Gasteiger partial charge in [-0.2, -0.15) is 0 Å². The quantitative estimate of drug-likeness (QED) is 0.0915. The van der Waals surface area contributed by atoms with Crippen LogP contribution in [-0.2, 0) is 38.1 Å². The highest BCUT2D eigenvalue weighted by molar-refractivity contribution is 5.83. The van der Waals surface area contributed by atoms with E-state index >= 15 is 0 Å². The van der Waals surface area contributed by atoms with E-state index in [9.17, 15) is 49.5 Å². The number of carbonyl (C=O) groups is 5. The van der Waals surface area contributed by atoms with Crippen molar-refractivity contribution in [2.45, 2.75) is 172 Å². The molecule has 3 rings (SSSR count). The Balaban J connectivity index is 1.85. The summed E-state index contributed by atoms with van der Waals surface area (Å²) in [6, 6.07) is -4.27. The molecule has 1 aliphatic carbocycles. The number of aliphatic hydroxyl groups excluding tert-OH is 4. The van der Waals surface area contributed by atoms with Gasteiger partial charge in [0.2, 0.25) is 5.91 Å². The topological polar surface area (TPSA) is 336 Å². The molecule has 1 saturated heterocycles. The number of nitrogens with two attached hydrogens (primary N) is 2. The van der Waals surface area contributed by atoms with Crippen molar-refractivity contribution in [3.8, 4) is 0 Å². The lowest BCUT2D eigenvalue weighted by Gasteiger charge is -2.51. The summed E-state index contributed by atoms with van der Waals surface area (Å²) in [5.74, 6) is -2.91. The lowest BCUT2D eigenvalue weighted by molar-refractivity contribution is -0.305. The number of aliphatic hydroxyl groups is 5. The lowest BCUT2D eigenvalue weighted by Crippen LogP contribution is -2.70. The van der Waals surface area contributed by atoms with Gasteiger partial charge < -0.3 is 86.9 Å². The van der Waals surface area contributed by atoms with Crippen molar-refractivity contribution in [1.82, 2.24) is 26.2 Å². The number of likely N-dealkylation sites (N-methyl/N-ethyl adjacent to an activating group) is 1. The maximum absolute atomic E-state index is 13.4. The summed E-state index contributed by atoms with van der Waals surface area (Å²) < 4.78 is 28.9. The molecule has 13 atom stereocenters. The average Bonchev–Trinajstić information content (AvgIpc) is 3.12. The molecule has 5 amide bonds. The highest BCUT2D eigenvalue weighted by Gasteiger charge is 2.55. The molecule has 362 valence electrons. The Morgan fingerprint density at radius 2 is 1.48 bits per heavy atom. The monoisotopic (exact) mass is 904 g/mol. The molecule has 22 nitrogen and oxygen atoms in total. The van der Waals surface area contributed by atoms with Crippen molar-refractivity contribution < 1.29 is 73.2 Å². The Kier molecular flexibility index (Phi) is 18.2. The van der Waals surface area contributed by atoms with E-state index in [4.69, 9.17) is 35.2 Å². The van der Waals surface area contributed by atoms with Crippen molar-refractivity contribution in [2.75, 3.05) is 33.3 Å². The SMILES string of the molecule is CN(C(=O)OC(C)(C)C)[C@@H]1[C@@H](O)[C@@H](O[C@H]2[C@H](NC(=O)[C@@H](O)CNC(=O)OC(C)(C)C)C[C@H](N)C([C@H]3OC(CNC(=O)C(O)CNC(=O)CC(C)(C)C)=CC[C@H]3N)[C@@H]2O)OC[C@]1(C)O. The Morgan fingerprint density at radius 3 is 2.06 bits per heavy atom. The second-order valence-electron chi connectivity index (χ2n) is 20.1. The number of carbonyl (C=O) groups excluding carboxylic acids is 5. The van der Waals surface area contributed by atoms with Gasteiger partial charge in [-0.3, -0.25) is 14.4 Å². The van der Waals surface area contributed by atoms with E-state index in [1.165, 1.54) is 14.0 Å². The van der Waals surface area contributed by atoms with Crippen molar-refractivity contribution in [3.05, 3.63) is 11.8 Å². The van der Waals surface area contributed by atoms with Crippen molar-refractivity contribution >= 4 is 29.9 Å². The summed E-state index contributed by atoms with van der Waals surface area (Å²) in [6.45, 7) is 15.3. The normalized spacial score (nSPS) is 31.2. The van der Waals surface area contributed by atoms with Crippen LogP contribution in [0.25, 0.3) is 0 Å². The van der Waals surface area contributed by atoms with E-state index in [0.717, 1.165) is 4.90 Å². The second-order valence-corrected chi connectivity index (χ2v) is 20.1. The summed E-state index contributed by atoms with van der Waals surface area (Å²) in [5.41, 5.74) is 9.35. The fraction of sp³-hybridized carbons (Fsp3) is 0.829. The first-order valence-corrected chi connectivity index (χ1v) is 21.2. The minimum atomic E-state index is -1.82. The van der Waals surface area contributed by atoms with Crippen LogP contribution in [0.3, 0.4) is 0 Å². The molecule has 0 aromatic heterocycles. The van der Waals surface area contributed by atoms with Gasteiger partial charge in [0.05, 0.1) is 44.4 Å². The molecule has 2 unspecified atom stereocenters. The largest absolute Gasteiger partial charge is 0.491 e. The van der Waals surface area contributed by atoms with Gasteiger partial charge in [-0.05, 0) is 72.8 Å². The molecule has 2 fully saturated rings. The Hall–Kier alpha value is -3.87. The number of hydrogen-bond acceptors (Lipinski definition) is 17. The van der Waals surface area contributed by atoms with Crippen LogP contribution in [0, 0.1) is 11.3 Å². The van der Waals surface area contributed by atoms with Gasteiger partial charge in [0.25, 0.3) is 11.8 Å². The number of hydrogen-bond donors (Lipinski definition) is 11. The van der Waals surface area contributed by atoms with Gasteiger partial charge in [-0.15, -0.1) is 0 Å². The van der Waals surface area contributed by atoms with Gasteiger partial charge in [0.15, 0.2) is 6.29 Å². The lowest BCUT2D eigenvalue weighted by atomic mass is 9.72. The third-order valence-electron chi connectivity index (χ3n) is 10.4. The molecule has 63 heavy (non-hydrogen) atoms. The molecule has 2 aliphatic heterocycles. The maximum atomic E-state index is 13.4. The predicted molar refractivity (Wildman–Crippen MR) is 225 cm³/mol. The molecule has 0 aromatic carbocycles. The molecule has 0 radical (unpaired) electrons. The number of alkyl carbamates (subject to hydrolysis) is 1. The summed E-state index contributed by atoms with van der Waals surface area (Å²) >= 11 is 0. The Morgan fingerprint density at radius 1 is 0.889 bits per heavy atom. The Labute approximate surface area is 369 Å². The molecular formula is C41H73N7O15. The number of ether oxygens (including phenoxy) is 5. The van der Waals surface area contributed by atoms with Crippen LogP contribution in [-0.4, -0.2) is 178 Å². The van der Waals surface area contributed by atoms with E-state index in [0.29, 0.717) is 0 Å². The number of nitrogens with one attached hydrogen (secondary N) is 4. The third-order valence-corrected chi connectivity index (χ3v) is 10.4. The van der Waals surface area contributed by atoms with Crippen LogP contribution in [0.5, 0.6) is 0 Å². The predicted octanol–water partition coefficient (Wildman–Crippen LogP) is -1.82. The van der Waals surface area contributed by atoms with E-state index in [1.807, 2.05) is 20.8 Å². The maximum Gasteiger partial charge on any atom is 0.410 e. The summed E-state index contributed by atoms with van der Waals surface area (Å²) in [5, 5.41) is 66.3. The first-order valence-electron chi connectivity index (χ1n) is 21.2. The third kappa shape index (κ3) is 16.0. The fourth-order valence-corrected chi connectivity index (χ4v) is 7.56. The number of nitrogens with zero attached hydrogens (tertiary/aromatic N) is 1. The molecule has 0 spiro atoms. The van der Waals surface area contributed by atoms with Crippen molar-refractivity contribution in [2.24, 2.45) is 22.8 Å². The summed E-state index contributed by atoms with van der Waals surface area (Å²) in [4.78, 5) is 64.7. The van der Waals surface area contributed by atoms with Crippen LogP contribution in [0.2, 0.25) is 0 Å². The second kappa shape index (κ2) is 21.4. The molecular weight excluding hydrogens is 830 g/mol. The number of amides is 5. The summed E-state index contributed by atoms with van der Waals surface area (Å²) in [7, 11) is 1.32. The highest BCUT2D eigenvalue weighted by atomic mass is 16.7. The van der Waals surface area contributed by atoms with E-state index in [1.54, 1.807) is 47.6 Å². The zero-order valence-electron chi connectivity index (χ0n) is 38.4. The van der Waals surface area contributed by atoms with Crippen LogP contribution in [0.15, 0.2) is 11.8 Å². The van der Waals surface area contributed by atoms with Crippen LogP contribution < -0.4 is 32.7 Å². The van der Waals surface area contributed by atoms with Gasteiger partial charge in [-0.25, -0.2) is 9.59 Å². The van der Waals surface area contributed by atoms with Gasteiger partial charge in [0.1, 0.15) is 53.1 Å². The van der Waals surface area contributed by atoms with E-state index in [-0.39, 0.29) is 49.4 Å². The minimum Gasteiger partial charge on any atom is -0.491 e. The van der Waals surface area contributed by atoms with Crippen molar-refractivity contribution in [1.29, 1.82) is 0 Å². The molecule has 0 aromatic rings. The van der Waals surface area contributed by atoms with Gasteiger partial charge >= 0.3 is 12.2 Å². The fourth-order valence-electron chi connectivity index (χ4n) is 7.56. The molecule has 2 heterocycles. The molecule has 3 aliphatic rings. The molecule has 0 bridgehead atoms.